The molecule has 0 saturated heterocycles. The zero-order valence-corrected chi connectivity index (χ0v) is 8.81. The fraction of sp³-hybridized carbons (Fsp3) is 0.333. The van der Waals surface area contributed by atoms with Crippen LogP contribution < -0.4 is 0 Å². The van der Waals surface area contributed by atoms with Gasteiger partial charge in [-0.2, -0.15) is 5.10 Å². The molecular weight excluding hydrogens is 247 g/mol. The molecule has 0 aromatic carbocycles. The molecule has 0 aliphatic rings. The quantitative estimate of drug-likeness (QED) is 0.715. The number of aryl methyl sites for hydroxylation is 1. The molecule has 6 heteroatoms. The number of nitrogens with zero attached hydrogens (tertiary/aromatic N) is 2. The van der Waals surface area contributed by atoms with Crippen LogP contribution in [0.1, 0.15) is 10.4 Å². The highest BCUT2D eigenvalue weighted by atomic mass is 79.9. The van der Waals surface area contributed by atoms with E-state index in [1.807, 2.05) is 0 Å². The Morgan fingerprint density at radius 1 is 1.75 bits per heavy atom. The van der Waals surface area contributed by atoms with E-state index >= 15 is 0 Å². The van der Waals surface area contributed by atoms with Gasteiger partial charge in [-0.25, -0.2) is 4.79 Å². The Morgan fingerprint density at radius 2 is 2.33 bits per heavy atom. The predicted octanol–water partition coefficient (Wildman–Crippen LogP) is 1.62. The largest absolute Gasteiger partial charge is 0.465 e. The molecule has 0 radical (unpaired) electrons. The summed E-state index contributed by atoms with van der Waals surface area (Å²) in [5.41, 5.74) is 0.252. The summed E-state index contributed by atoms with van der Waals surface area (Å²) in [7, 11) is 2.93. The normalized spacial score (nSPS) is 10.0. The minimum Gasteiger partial charge on any atom is -0.465 e. The van der Waals surface area contributed by atoms with E-state index in [2.05, 4.69) is 25.8 Å². The lowest BCUT2D eigenvalue weighted by atomic mass is 10.4. The number of esters is 1. The Balaban J connectivity index is 3.22. The average molecular weight is 253 g/mol. The van der Waals surface area contributed by atoms with E-state index in [-0.39, 0.29) is 10.7 Å². The molecular formula is C6H6BrClN2O2. The van der Waals surface area contributed by atoms with Crippen LogP contribution in [0.25, 0.3) is 0 Å². The van der Waals surface area contributed by atoms with Crippen molar-refractivity contribution in [2.45, 2.75) is 0 Å². The first-order valence-electron chi connectivity index (χ1n) is 3.04. The molecule has 0 amide bonds. The number of ether oxygens (including phenoxy) is 1. The van der Waals surface area contributed by atoms with Crippen molar-refractivity contribution in [2.75, 3.05) is 7.11 Å². The molecule has 0 saturated carbocycles. The minimum absolute atomic E-state index is 0.252. The van der Waals surface area contributed by atoms with Crippen LogP contribution in [-0.2, 0) is 11.8 Å². The first kappa shape index (κ1) is 9.54. The van der Waals surface area contributed by atoms with E-state index in [1.165, 1.54) is 11.8 Å². The van der Waals surface area contributed by atoms with E-state index in [1.54, 1.807) is 7.05 Å². The maximum Gasteiger partial charge on any atom is 0.343 e. The fourth-order valence-electron chi connectivity index (χ4n) is 0.743. The number of carbonyl (C=O) groups is 1. The Kier molecular flexibility index (Phi) is 2.74. The first-order chi connectivity index (χ1) is 5.57. The van der Waals surface area contributed by atoms with Gasteiger partial charge in [0.25, 0.3) is 0 Å². The van der Waals surface area contributed by atoms with E-state index in [9.17, 15) is 4.79 Å². The summed E-state index contributed by atoms with van der Waals surface area (Å²) in [5.74, 6) is -0.500. The molecule has 1 rings (SSSR count). The van der Waals surface area contributed by atoms with Crippen molar-refractivity contribution >= 4 is 33.5 Å². The maximum absolute atomic E-state index is 11.1. The summed E-state index contributed by atoms with van der Waals surface area (Å²) in [5, 5.41) is 4.14. The standard InChI is InChI=1S/C6H6BrClN2O2/c1-10-5(8)3(4(7)9-10)6(11)12-2/h1-2H3. The van der Waals surface area contributed by atoms with Crippen molar-refractivity contribution in [3.8, 4) is 0 Å². The van der Waals surface area contributed by atoms with Gasteiger partial charge in [0, 0.05) is 7.05 Å². The zero-order valence-electron chi connectivity index (χ0n) is 6.47. The molecule has 0 atom stereocenters. The zero-order chi connectivity index (χ0) is 9.30. The van der Waals surface area contributed by atoms with Crippen molar-refractivity contribution < 1.29 is 9.53 Å². The highest BCUT2D eigenvalue weighted by molar-refractivity contribution is 9.10. The SMILES string of the molecule is COC(=O)c1c(Br)nn(C)c1Cl. The molecule has 0 aliphatic carbocycles. The van der Waals surface area contributed by atoms with Crippen LogP contribution in [-0.4, -0.2) is 22.9 Å². The molecule has 0 bridgehead atoms. The van der Waals surface area contributed by atoms with E-state index in [4.69, 9.17) is 11.6 Å². The van der Waals surface area contributed by atoms with Gasteiger partial charge in [0.15, 0.2) is 0 Å². The highest BCUT2D eigenvalue weighted by Gasteiger charge is 2.20. The van der Waals surface area contributed by atoms with E-state index in [0.717, 1.165) is 0 Å². The molecule has 12 heavy (non-hydrogen) atoms. The average Bonchev–Trinajstić information content (AvgIpc) is 2.26. The predicted molar refractivity (Wildman–Crippen MR) is 47.3 cm³/mol. The lowest BCUT2D eigenvalue weighted by molar-refractivity contribution is 0.0600. The molecule has 66 valence electrons. The second-order valence-corrected chi connectivity index (χ2v) is 3.18. The van der Waals surface area contributed by atoms with Gasteiger partial charge >= 0.3 is 5.97 Å². The third kappa shape index (κ3) is 1.47. The molecule has 0 N–H and O–H groups in total. The molecule has 1 aromatic rings. The summed E-state index contributed by atoms with van der Waals surface area (Å²) in [6.45, 7) is 0. The number of hydrogen-bond donors (Lipinski definition) is 0. The van der Waals surface area contributed by atoms with Gasteiger partial charge in [0.2, 0.25) is 0 Å². The van der Waals surface area contributed by atoms with Gasteiger partial charge in [0.1, 0.15) is 15.3 Å². The number of carbonyl (C=O) groups excluding carboxylic acids is 1. The molecule has 0 aliphatic heterocycles. The molecule has 0 unspecified atom stereocenters. The number of halogens is 2. The van der Waals surface area contributed by atoms with Gasteiger partial charge in [-0.15, -0.1) is 0 Å². The van der Waals surface area contributed by atoms with Crippen molar-refractivity contribution in [3.05, 3.63) is 15.3 Å². The molecule has 4 nitrogen and oxygen atoms in total. The van der Waals surface area contributed by atoms with E-state index in [0.29, 0.717) is 4.60 Å². The lowest BCUT2D eigenvalue weighted by Crippen LogP contribution is -2.01. The third-order valence-electron chi connectivity index (χ3n) is 1.32. The first-order valence-corrected chi connectivity index (χ1v) is 4.21. The van der Waals surface area contributed by atoms with Crippen LogP contribution in [0.3, 0.4) is 0 Å². The highest BCUT2D eigenvalue weighted by Crippen LogP contribution is 2.23. The summed E-state index contributed by atoms with van der Waals surface area (Å²) in [4.78, 5) is 11.1. The number of rotatable bonds is 1. The van der Waals surface area contributed by atoms with Crippen LogP contribution in [0.5, 0.6) is 0 Å². The molecule has 1 aromatic heterocycles. The maximum atomic E-state index is 11.1. The molecule has 1 heterocycles. The fourth-order valence-corrected chi connectivity index (χ4v) is 1.65. The van der Waals surface area contributed by atoms with Gasteiger partial charge in [-0.1, -0.05) is 11.6 Å². The van der Waals surface area contributed by atoms with Gasteiger partial charge in [-0.3, -0.25) is 4.68 Å². The van der Waals surface area contributed by atoms with Crippen LogP contribution in [0.15, 0.2) is 4.60 Å². The smallest absolute Gasteiger partial charge is 0.343 e. The topological polar surface area (TPSA) is 44.1 Å². The Bertz CT molecular complexity index is 324. The summed E-state index contributed by atoms with van der Waals surface area (Å²) >= 11 is 8.85. The van der Waals surface area contributed by atoms with Crippen molar-refractivity contribution in [2.24, 2.45) is 7.05 Å². The molecule has 0 spiro atoms. The third-order valence-corrected chi connectivity index (χ3v) is 2.31. The summed E-state index contributed by atoms with van der Waals surface area (Å²) in [6, 6.07) is 0. The monoisotopic (exact) mass is 252 g/mol. The molecule has 0 fully saturated rings. The number of aromatic nitrogens is 2. The van der Waals surface area contributed by atoms with Gasteiger partial charge < -0.3 is 4.74 Å². The Morgan fingerprint density at radius 3 is 2.67 bits per heavy atom. The van der Waals surface area contributed by atoms with Crippen molar-refractivity contribution in [1.82, 2.24) is 9.78 Å². The van der Waals surface area contributed by atoms with Crippen LogP contribution in [0, 0.1) is 0 Å². The van der Waals surface area contributed by atoms with Gasteiger partial charge in [0.05, 0.1) is 7.11 Å². The van der Waals surface area contributed by atoms with Crippen LogP contribution >= 0.6 is 27.5 Å². The Labute approximate surface area is 82.6 Å². The van der Waals surface area contributed by atoms with E-state index < -0.39 is 5.97 Å². The second kappa shape index (κ2) is 3.45. The summed E-state index contributed by atoms with van der Waals surface area (Å²) < 4.78 is 6.28. The van der Waals surface area contributed by atoms with Gasteiger partial charge in [-0.05, 0) is 15.9 Å². The van der Waals surface area contributed by atoms with Crippen LogP contribution in [0.4, 0.5) is 0 Å². The van der Waals surface area contributed by atoms with Crippen molar-refractivity contribution in [1.29, 1.82) is 0 Å². The van der Waals surface area contributed by atoms with Crippen molar-refractivity contribution in [3.63, 3.8) is 0 Å². The lowest BCUT2D eigenvalue weighted by Gasteiger charge is -1.95. The number of hydrogen-bond acceptors (Lipinski definition) is 3. The Hall–Kier alpha value is -0.550. The second-order valence-electron chi connectivity index (χ2n) is 2.07. The van der Waals surface area contributed by atoms with Crippen LogP contribution in [0.2, 0.25) is 5.15 Å². The number of methoxy groups -OCH3 is 1. The minimum atomic E-state index is -0.500. The summed E-state index contributed by atoms with van der Waals surface area (Å²) in [6.07, 6.45) is 0.